The first kappa shape index (κ1) is 18.4. The third-order valence-electron chi connectivity index (χ3n) is 5.83. The molecule has 2 aliphatic heterocycles. The van der Waals surface area contributed by atoms with Crippen LogP contribution in [0.1, 0.15) is 46.8 Å². The van der Waals surface area contributed by atoms with E-state index in [2.05, 4.69) is 34.3 Å². The molecule has 9 nitrogen and oxygen atoms in total. The van der Waals surface area contributed by atoms with Crippen LogP contribution < -0.4 is 10.2 Å². The van der Waals surface area contributed by atoms with E-state index < -0.39 is 0 Å². The SMILES string of the molecule is CCOC(C)n1cc(-c2ncn3nc(NC(C)C)nc3c2N2CC3CC2C3)cn1. The van der Waals surface area contributed by atoms with Gasteiger partial charge in [-0.3, -0.25) is 0 Å². The summed E-state index contributed by atoms with van der Waals surface area (Å²) >= 11 is 0. The van der Waals surface area contributed by atoms with E-state index in [-0.39, 0.29) is 12.3 Å². The Morgan fingerprint density at radius 3 is 2.79 bits per heavy atom. The fourth-order valence-corrected chi connectivity index (χ4v) is 4.42. The molecular formula is C20H28N8O. The molecule has 1 aliphatic carbocycles. The van der Waals surface area contributed by atoms with Crippen LogP contribution in [0, 0.1) is 5.92 Å². The molecule has 3 aromatic heterocycles. The van der Waals surface area contributed by atoms with Gasteiger partial charge in [-0.15, -0.1) is 5.10 Å². The molecule has 1 atom stereocenters. The number of hydrogen-bond donors (Lipinski definition) is 1. The van der Waals surface area contributed by atoms with Crippen molar-refractivity contribution in [2.75, 3.05) is 23.4 Å². The zero-order valence-corrected chi connectivity index (χ0v) is 17.4. The van der Waals surface area contributed by atoms with Gasteiger partial charge < -0.3 is 15.0 Å². The summed E-state index contributed by atoms with van der Waals surface area (Å²) in [6, 6.07) is 0.837. The van der Waals surface area contributed by atoms with E-state index in [0.29, 0.717) is 18.6 Å². The maximum Gasteiger partial charge on any atom is 0.243 e. The van der Waals surface area contributed by atoms with E-state index in [4.69, 9.17) is 14.7 Å². The smallest absolute Gasteiger partial charge is 0.243 e. The van der Waals surface area contributed by atoms with Gasteiger partial charge in [-0.25, -0.2) is 9.67 Å². The van der Waals surface area contributed by atoms with E-state index >= 15 is 0 Å². The second kappa shape index (κ2) is 6.98. The molecule has 29 heavy (non-hydrogen) atoms. The minimum absolute atomic E-state index is 0.115. The second-order valence-electron chi connectivity index (χ2n) is 8.35. The van der Waals surface area contributed by atoms with Gasteiger partial charge in [-0.2, -0.15) is 14.6 Å². The van der Waals surface area contributed by atoms with Crippen molar-refractivity contribution in [1.29, 1.82) is 0 Å². The summed E-state index contributed by atoms with van der Waals surface area (Å²) in [6.45, 7) is 9.85. The summed E-state index contributed by atoms with van der Waals surface area (Å²) in [6.07, 6.45) is 8.01. The summed E-state index contributed by atoms with van der Waals surface area (Å²) in [5.41, 5.74) is 3.78. The first-order chi connectivity index (χ1) is 14.0. The van der Waals surface area contributed by atoms with Crippen molar-refractivity contribution in [3.63, 3.8) is 0 Å². The van der Waals surface area contributed by atoms with E-state index in [1.165, 1.54) is 12.8 Å². The highest BCUT2D eigenvalue weighted by Gasteiger charge is 2.44. The molecule has 3 fully saturated rings. The number of ether oxygens (including phenoxy) is 1. The van der Waals surface area contributed by atoms with E-state index in [1.807, 2.05) is 30.9 Å². The number of hydrogen-bond acceptors (Lipinski definition) is 7. The predicted molar refractivity (Wildman–Crippen MR) is 111 cm³/mol. The molecule has 6 rings (SSSR count). The first-order valence-corrected chi connectivity index (χ1v) is 10.5. The largest absolute Gasteiger partial charge is 0.363 e. The lowest BCUT2D eigenvalue weighted by molar-refractivity contribution is 0.0160. The number of nitrogens with zero attached hydrogens (tertiary/aromatic N) is 7. The quantitative estimate of drug-likeness (QED) is 0.657. The summed E-state index contributed by atoms with van der Waals surface area (Å²) in [4.78, 5) is 12.1. The molecular weight excluding hydrogens is 368 g/mol. The number of nitrogens with one attached hydrogen (secondary N) is 1. The third kappa shape index (κ3) is 3.13. The number of rotatable bonds is 7. The topological polar surface area (TPSA) is 85.4 Å². The number of fused-ring (bicyclic) bond motifs is 2. The Hall–Kier alpha value is -2.68. The third-order valence-corrected chi connectivity index (χ3v) is 5.83. The van der Waals surface area contributed by atoms with Crippen LogP contribution in [0.2, 0.25) is 0 Å². The van der Waals surface area contributed by atoms with Gasteiger partial charge >= 0.3 is 0 Å². The molecule has 154 valence electrons. The molecule has 5 heterocycles. The van der Waals surface area contributed by atoms with Crippen molar-refractivity contribution in [3.05, 3.63) is 18.7 Å². The summed E-state index contributed by atoms with van der Waals surface area (Å²) in [5, 5.41) is 12.4. The minimum Gasteiger partial charge on any atom is -0.363 e. The molecule has 0 aromatic carbocycles. The Morgan fingerprint density at radius 1 is 1.28 bits per heavy atom. The van der Waals surface area contributed by atoms with Crippen LogP contribution in [0.15, 0.2) is 18.7 Å². The van der Waals surface area contributed by atoms with Crippen LogP contribution in [0.4, 0.5) is 11.6 Å². The lowest BCUT2D eigenvalue weighted by Gasteiger charge is -2.28. The molecule has 1 saturated carbocycles. The van der Waals surface area contributed by atoms with Gasteiger partial charge in [0.15, 0.2) is 5.65 Å². The molecule has 3 aliphatic rings. The Labute approximate surface area is 170 Å². The molecule has 2 bridgehead atoms. The maximum atomic E-state index is 5.68. The Bertz CT molecular complexity index is 1020. The van der Waals surface area contributed by atoms with E-state index in [0.717, 1.165) is 35.1 Å². The highest BCUT2D eigenvalue weighted by Crippen LogP contribution is 2.46. The number of aromatic nitrogens is 6. The monoisotopic (exact) mass is 396 g/mol. The lowest BCUT2D eigenvalue weighted by Crippen LogP contribution is -2.29. The molecule has 2 saturated heterocycles. The molecule has 0 spiro atoms. The normalized spacial score (nSPS) is 21.8. The van der Waals surface area contributed by atoms with Gasteiger partial charge in [0.05, 0.1) is 6.20 Å². The van der Waals surface area contributed by atoms with Crippen molar-refractivity contribution in [3.8, 4) is 11.3 Å². The molecule has 1 N–H and O–H groups in total. The highest BCUT2D eigenvalue weighted by molar-refractivity contribution is 5.86. The van der Waals surface area contributed by atoms with Crippen molar-refractivity contribution in [2.45, 2.75) is 58.8 Å². The maximum absolute atomic E-state index is 5.68. The molecule has 3 aromatic rings. The lowest BCUT2D eigenvalue weighted by atomic mass is 9.86. The molecule has 9 heteroatoms. The molecule has 0 amide bonds. The van der Waals surface area contributed by atoms with Crippen LogP contribution in [-0.2, 0) is 4.74 Å². The first-order valence-electron chi connectivity index (χ1n) is 10.5. The zero-order valence-electron chi connectivity index (χ0n) is 17.4. The van der Waals surface area contributed by atoms with Gasteiger partial charge in [0.1, 0.15) is 23.9 Å². The minimum atomic E-state index is -0.115. The summed E-state index contributed by atoms with van der Waals surface area (Å²) < 4.78 is 9.30. The Balaban J connectivity index is 1.61. The van der Waals surface area contributed by atoms with Crippen LogP contribution in [0.3, 0.4) is 0 Å². The van der Waals surface area contributed by atoms with E-state index in [9.17, 15) is 0 Å². The van der Waals surface area contributed by atoms with Crippen molar-refractivity contribution < 1.29 is 4.74 Å². The summed E-state index contributed by atoms with van der Waals surface area (Å²) in [7, 11) is 0. The second-order valence-corrected chi connectivity index (χ2v) is 8.35. The Morgan fingerprint density at radius 2 is 2.10 bits per heavy atom. The van der Waals surface area contributed by atoms with Gasteiger partial charge in [0.25, 0.3) is 0 Å². The molecule has 0 radical (unpaired) electrons. The van der Waals surface area contributed by atoms with Crippen LogP contribution in [-0.4, -0.2) is 54.6 Å². The van der Waals surface area contributed by atoms with Crippen molar-refractivity contribution in [1.82, 2.24) is 29.4 Å². The summed E-state index contributed by atoms with van der Waals surface area (Å²) in [5.74, 6) is 1.41. The average Bonchev–Trinajstić information content (AvgIpc) is 3.41. The van der Waals surface area contributed by atoms with Crippen molar-refractivity contribution >= 4 is 17.3 Å². The van der Waals surface area contributed by atoms with Gasteiger partial charge in [0, 0.05) is 37.0 Å². The average molecular weight is 396 g/mol. The Kier molecular flexibility index (Phi) is 4.42. The number of anilines is 2. The zero-order chi connectivity index (χ0) is 20.1. The van der Waals surface area contributed by atoms with Crippen LogP contribution in [0.5, 0.6) is 0 Å². The van der Waals surface area contributed by atoms with Gasteiger partial charge in [-0.05, 0) is 46.5 Å². The fraction of sp³-hybridized carbons (Fsp3) is 0.600. The standard InChI is InChI=1S/C20H28N8O/c1-5-29-13(4)27-10-15(8-22-27)17-18(26-9-14-6-16(26)7-14)19-24-20(23-12(2)3)25-28(19)11-21-17/h8,10-14,16H,5-7,9H2,1-4H3,(H,23,25). The van der Waals surface area contributed by atoms with Crippen LogP contribution in [0.25, 0.3) is 16.9 Å². The molecule has 1 unspecified atom stereocenters. The van der Waals surface area contributed by atoms with Gasteiger partial charge in [0.2, 0.25) is 5.95 Å². The van der Waals surface area contributed by atoms with Crippen molar-refractivity contribution in [2.24, 2.45) is 5.92 Å². The highest BCUT2D eigenvalue weighted by atomic mass is 16.5. The van der Waals surface area contributed by atoms with Gasteiger partial charge in [-0.1, -0.05) is 0 Å². The predicted octanol–water partition coefficient (Wildman–Crippen LogP) is 2.96. The fourth-order valence-electron chi connectivity index (χ4n) is 4.42. The van der Waals surface area contributed by atoms with Crippen LogP contribution >= 0.6 is 0 Å². The van der Waals surface area contributed by atoms with E-state index in [1.54, 1.807) is 10.8 Å².